The fourth-order valence-electron chi connectivity index (χ4n) is 2.47. The second-order valence-electron chi connectivity index (χ2n) is 5.26. The molecule has 20 heavy (non-hydrogen) atoms. The van der Waals surface area contributed by atoms with E-state index in [0.29, 0.717) is 12.6 Å². The van der Waals surface area contributed by atoms with Crippen LogP contribution in [-0.2, 0) is 13.0 Å². The van der Waals surface area contributed by atoms with Crippen molar-refractivity contribution in [2.75, 3.05) is 11.4 Å². The molecule has 3 rings (SSSR count). The van der Waals surface area contributed by atoms with Gasteiger partial charge in [-0.15, -0.1) is 11.3 Å². The fourth-order valence-corrected chi connectivity index (χ4v) is 3.49. The summed E-state index contributed by atoms with van der Waals surface area (Å²) in [7, 11) is 0. The number of benzene rings is 1. The third kappa shape index (κ3) is 3.17. The lowest BCUT2D eigenvalue weighted by Crippen LogP contribution is -2.24. The normalized spacial score (nSPS) is 14.5. The molecule has 1 fully saturated rings. The minimum atomic E-state index is 0.648. The number of rotatable bonds is 6. The van der Waals surface area contributed by atoms with Crippen molar-refractivity contribution in [1.29, 1.82) is 0 Å². The van der Waals surface area contributed by atoms with Crippen molar-refractivity contribution in [2.45, 2.75) is 31.8 Å². The Bertz CT molecular complexity index is 564. The SMILES string of the molecule is NCCc1ccc(N(Cc2cccs2)C2CC2)c(Cl)c1. The van der Waals surface area contributed by atoms with Gasteiger partial charge in [-0.05, 0) is 54.9 Å². The molecule has 4 heteroatoms. The van der Waals surface area contributed by atoms with E-state index in [9.17, 15) is 0 Å². The lowest BCUT2D eigenvalue weighted by Gasteiger charge is -2.25. The van der Waals surface area contributed by atoms with Crippen molar-refractivity contribution in [2.24, 2.45) is 5.73 Å². The lowest BCUT2D eigenvalue weighted by molar-refractivity contribution is 0.803. The Labute approximate surface area is 129 Å². The van der Waals surface area contributed by atoms with Gasteiger partial charge in [-0.3, -0.25) is 0 Å². The van der Waals surface area contributed by atoms with Crippen molar-refractivity contribution in [3.05, 3.63) is 51.2 Å². The maximum atomic E-state index is 6.49. The molecule has 1 heterocycles. The highest BCUT2D eigenvalue weighted by atomic mass is 35.5. The van der Waals surface area contributed by atoms with Gasteiger partial charge in [-0.25, -0.2) is 0 Å². The van der Waals surface area contributed by atoms with Crippen molar-refractivity contribution >= 4 is 28.6 Å². The van der Waals surface area contributed by atoms with Crippen LogP contribution in [0.4, 0.5) is 5.69 Å². The summed E-state index contributed by atoms with van der Waals surface area (Å²) in [4.78, 5) is 3.83. The summed E-state index contributed by atoms with van der Waals surface area (Å²) in [6, 6.07) is 11.3. The number of nitrogens with zero attached hydrogens (tertiary/aromatic N) is 1. The molecule has 2 aromatic rings. The number of nitrogens with two attached hydrogens (primary N) is 1. The van der Waals surface area contributed by atoms with Gasteiger partial charge in [-0.2, -0.15) is 0 Å². The molecule has 0 bridgehead atoms. The number of anilines is 1. The van der Waals surface area contributed by atoms with Crippen LogP contribution in [0, 0.1) is 0 Å². The molecule has 0 saturated heterocycles. The molecule has 1 aromatic carbocycles. The van der Waals surface area contributed by atoms with E-state index in [1.54, 1.807) is 11.3 Å². The van der Waals surface area contributed by atoms with Crippen LogP contribution in [-0.4, -0.2) is 12.6 Å². The van der Waals surface area contributed by atoms with E-state index >= 15 is 0 Å². The monoisotopic (exact) mass is 306 g/mol. The van der Waals surface area contributed by atoms with Gasteiger partial charge < -0.3 is 10.6 Å². The maximum Gasteiger partial charge on any atom is 0.0642 e. The van der Waals surface area contributed by atoms with Crippen LogP contribution in [0.25, 0.3) is 0 Å². The Morgan fingerprint density at radius 1 is 1.30 bits per heavy atom. The molecule has 106 valence electrons. The minimum absolute atomic E-state index is 0.648. The molecule has 0 radical (unpaired) electrons. The van der Waals surface area contributed by atoms with Gasteiger partial charge in [0.15, 0.2) is 0 Å². The van der Waals surface area contributed by atoms with Gasteiger partial charge in [0, 0.05) is 10.9 Å². The van der Waals surface area contributed by atoms with Crippen LogP contribution >= 0.6 is 22.9 Å². The van der Waals surface area contributed by atoms with Crippen LogP contribution in [0.2, 0.25) is 5.02 Å². The van der Waals surface area contributed by atoms with Crippen LogP contribution in [0.3, 0.4) is 0 Å². The smallest absolute Gasteiger partial charge is 0.0642 e. The molecule has 0 atom stereocenters. The number of hydrogen-bond donors (Lipinski definition) is 1. The largest absolute Gasteiger partial charge is 0.362 e. The number of halogens is 1. The molecular formula is C16H19ClN2S. The van der Waals surface area contributed by atoms with Crippen LogP contribution in [0.5, 0.6) is 0 Å². The number of thiophene rings is 1. The summed E-state index contributed by atoms with van der Waals surface area (Å²) < 4.78 is 0. The minimum Gasteiger partial charge on any atom is -0.362 e. The molecule has 1 saturated carbocycles. The lowest BCUT2D eigenvalue weighted by atomic mass is 10.1. The van der Waals surface area contributed by atoms with Gasteiger partial charge in [0.25, 0.3) is 0 Å². The molecule has 1 aromatic heterocycles. The van der Waals surface area contributed by atoms with E-state index in [-0.39, 0.29) is 0 Å². The van der Waals surface area contributed by atoms with E-state index in [1.807, 2.05) is 0 Å². The quantitative estimate of drug-likeness (QED) is 0.871. The first-order valence-electron chi connectivity index (χ1n) is 7.05. The van der Waals surface area contributed by atoms with Crippen LogP contribution in [0.15, 0.2) is 35.7 Å². The van der Waals surface area contributed by atoms with E-state index < -0.39 is 0 Å². The Balaban J connectivity index is 1.83. The van der Waals surface area contributed by atoms with E-state index in [1.165, 1.54) is 23.3 Å². The fraction of sp³-hybridized carbons (Fsp3) is 0.375. The van der Waals surface area contributed by atoms with Crippen LogP contribution in [0.1, 0.15) is 23.3 Å². The third-order valence-electron chi connectivity index (χ3n) is 3.65. The van der Waals surface area contributed by atoms with E-state index in [2.05, 4.69) is 40.6 Å². The average molecular weight is 307 g/mol. The molecule has 0 amide bonds. The molecule has 0 unspecified atom stereocenters. The molecule has 2 N–H and O–H groups in total. The number of hydrogen-bond acceptors (Lipinski definition) is 3. The van der Waals surface area contributed by atoms with Gasteiger partial charge >= 0.3 is 0 Å². The molecule has 0 spiro atoms. The zero-order valence-corrected chi connectivity index (χ0v) is 13.0. The molecular weight excluding hydrogens is 288 g/mol. The first-order valence-corrected chi connectivity index (χ1v) is 8.31. The summed E-state index contributed by atoms with van der Waals surface area (Å²) in [6.45, 7) is 1.62. The molecule has 0 aliphatic heterocycles. The summed E-state index contributed by atoms with van der Waals surface area (Å²) >= 11 is 8.30. The first kappa shape index (κ1) is 13.9. The Morgan fingerprint density at radius 2 is 2.15 bits per heavy atom. The van der Waals surface area contributed by atoms with Crippen molar-refractivity contribution in [3.63, 3.8) is 0 Å². The first-order chi connectivity index (χ1) is 9.78. The summed E-state index contributed by atoms with van der Waals surface area (Å²) in [5.41, 5.74) is 7.98. The van der Waals surface area contributed by atoms with Gasteiger partial charge in [-0.1, -0.05) is 23.7 Å². The predicted molar refractivity (Wildman–Crippen MR) is 87.7 cm³/mol. The Hall–Kier alpha value is -1.03. The topological polar surface area (TPSA) is 29.3 Å². The average Bonchev–Trinajstić information content (AvgIpc) is 3.15. The molecule has 1 aliphatic rings. The molecule has 2 nitrogen and oxygen atoms in total. The summed E-state index contributed by atoms with van der Waals surface area (Å²) in [5, 5.41) is 2.98. The second kappa shape index (κ2) is 6.17. The van der Waals surface area contributed by atoms with Crippen molar-refractivity contribution in [3.8, 4) is 0 Å². The highest BCUT2D eigenvalue weighted by Crippen LogP contribution is 2.37. The second-order valence-corrected chi connectivity index (χ2v) is 6.70. The highest BCUT2D eigenvalue weighted by molar-refractivity contribution is 7.09. The standard InChI is InChI=1S/C16H19ClN2S/c17-15-10-12(7-8-18)3-6-16(15)19(13-4-5-13)11-14-2-1-9-20-14/h1-3,6,9-10,13H,4-5,7-8,11,18H2. The van der Waals surface area contributed by atoms with E-state index in [4.69, 9.17) is 17.3 Å². The molecule has 1 aliphatic carbocycles. The van der Waals surface area contributed by atoms with Crippen LogP contribution < -0.4 is 10.6 Å². The summed E-state index contributed by atoms with van der Waals surface area (Å²) in [5.74, 6) is 0. The highest BCUT2D eigenvalue weighted by Gasteiger charge is 2.30. The van der Waals surface area contributed by atoms with Crippen molar-refractivity contribution in [1.82, 2.24) is 0 Å². The van der Waals surface area contributed by atoms with Gasteiger partial charge in [0.05, 0.1) is 17.3 Å². The van der Waals surface area contributed by atoms with Gasteiger partial charge in [0.1, 0.15) is 0 Å². The van der Waals surface area contributed by atoms with E-state index in [0.717, 1.165) is 23.7 Å². The van der Waals surface area contributed by atoms with Gasteiger partial charge in [0.2, 0.25) is 0 Å². The zero-order valence-electron chi connectivity index (χ0n) is 11.4. The Kier molecular flexibility index (Phi) is 4.29. The predicted octanol–water partition coefficient (Wildman–Crippen LogP) is 4.07. The third-order valence-corrected chi connectivity index (χ3v) is 4.81. The van der Waals surface area contributed by atoms with Crippen molar-refractivity contribution < 1.29 is 0 Å². The zero-order chi connectivity index (χ0) is 13.9. The Morgan fingerprint density at radius 3 is 2.75 bits per heavy atom. The maximum absolute atomic E-state index is 6.49. The summed E-state index contributed by atoms with van der Waals surface area (Å²) in [6.07, 6.45) is 3.42.